The summed E-state index contributed by atoms with van der Waals surface area (Å²) < 4.78 is 16.0. The minimum atomic E-state index is -2.67. The van der Waals surface area contributed by atoms with E-state index < -0.39 is 18.1 Å². The molecule has 0 aromatic carbocycles. The first-order valence-electron chi connectivity index (χ1n) is 2.61. The van der Waals surface area contributed by atoms with Crippen LogP contribution in [0.5, 0.6) is 0 Å². The second-order valence-electron chi connectivity index (χ2n) is 1.43. The molecule has 0 amide bonds. The summed E-state index contributed by atoms with van der Waals surface area (Å²) in [5, 5.41) is 9.63. The molecule has 0 N–H and O–H groups in total. The summed E-state index contributed by atoms with van der Waals surface area (Å²) >= 11 is 0. The van der Waals surface area contributed by atoms with Gasteiger partial charge in [0.2, 0.25) is 6.17 Å². The third-order valence-electron chi connectivity index (χ3n) is 0.700. The molecule has 0 spiro atoms. The molecule has 58 valence electrons. The van der Waals surface area contributed by atoms with Gasteiger partial charge in [-0.05, 0) is 6.92 Å². The molecule has 0 saturated heterocycles. The van der Waals surface area contributed by atoms with Gasteiger partial charge in [0.05, 0.1) is 12.6 Å². The summed E-state index contributed by atoms with van der Waals surface area (Å²) in [6.45, 7) is 1.40. The summed E-state index contributed by atoms with van der Waals surface area (Å²) in [5.41, 5.74) is 0. The number of esters is 1. The van der Waals surface area contributed by atoms with Crippen molar-refractivity contribution in [3.05, 3.63) is 0 Å². The van der Waals surface area contributed by atoms with Gasteiger partial charge in [0.25, 0.3) is 0 Å². The van der Waals surface area contributed by atoms with Gasteiger partial charge in [0, 0.05) is 0 Å². The maximum absolute atomic E-state index is 12.0. The zero-order valence-electron chi connectivity index (χ0n) is 6.30. The van der Waals surface area contributed by atoms with Crippen LogP contribution < -0.4 is 56.5 Å². The quantitative estimate of drug-likeness (QED) is 0.255. The topological polar surface area (TPSA) is 66.4 Å². The van der Waals surface area contributed by atoms with Gasteiger partial charge in [0.15, 0.2) is 0 Å². The van der Waals surface area contributed by atoms with Crippen molar-refractivity contribution < 1.29 is 75.2 Å². The molecular weight excluding hydrogens is 182 g/mol. The molecule has 1 atom stereocenters. The molecule has 4 nitrogen and oxygen atoms in total. The Kier molecular flexibility index (Phi) is 9.16. The van der Waals surface area contributed by atoms with Gasteiger partial charge in [0.1, 0.15) is 0 Å². The molecule has 0 aliphatic heterocycles. The first-order valence-corrected chi connectivity index (χ1v) is 2.61. The van der Waals surface area contributed by atoms with E-state index in [0.29, 0.717) is 0 Å². The Labute approximate surface area is 106 Å². The molecule has 0 radical (unpaired) electrons. The van der Waals surface area contributed by atoms with Crippen LogP contribution in [-0.2, 0) is 14.3 Å². The molecule has 0 aliphatic carbocycles. The maximum Gasteiger partial charge on any atom is 1.00 e. The molecule has 11 heavy (non-hydrogen) atoms. The molecule has 0 bridgehead atoms. The minimum Gasteiger partial charge on any atom is -0.546 e. The van der Waals surface area contributed by atoms with E-state index in [2.05, 4.69) is 4.74 Å². The number of carboxylic acid groups (broad SMARTS) is 1. The van der Waals surface area contributed by atoms with Crippen molar-refractivity contribution >= 4 is 11.9 Å². The summed E-state index contributed by atoms with van der Waals surface area (Å²) in [4.78, 5) is 19.8. The van der Waals surface area contributed by atoms with E-state index in [1.54, 1.807) is 0 Å². The van der Waals surface area contributed by atoms with E-state index >= 15 is 0 Å². The summed E-state index contributed by atoms with van der Waals surface area (Å²) in [6.07, 6.45) is -2.67. The molecule has 0 aromatic heterocycles. The maximum atomic E-state index is 12.0. The molecule has 0 rings (SSSR count). The molecule has 0 aliphatic rings. The number of ether oxygens (including phenoxy) is 1. The predicted molar refractivity (Wildman–Crippen MR) is 26.5 cm³/mol. The van der Waals surface area contributed by atoms with Gasteiger partial charge in [-0.3, -0.25) is 0 Å². The number of rotatable bonds is 3. The van der Waals surface area contributed by atoms with Crippen molar-refractivity contribution in [1.29, 1.82) is 0 Å². The van der Waals surface area contributed by atoms with E-state index in [9.17, 15) is 19.1 Å². The fourth-order valence-electron chi connectivity index (χ4n) is 0.312. The van der Waals surface area contributed by atoms with Crippen LogP contribution in [0.4, 0.5) is 4.39 Å². The molecule has 0 fully saturated rings. The van der Waals surface area contributed by atoms with Gasteiger partial charge in [-0.25, -0.2) is 9.18 Å². The van der Waals surface area contributed by atoms with Crippen molar-refractivity contribution in [3.63, 3.8) is 0 Å². The minimum absolute atomic E-state index is 0. The zero-order valence-corrected chi connectivity index (χ0v) is 9.42. The molecule has 0 aromatic rings. The first kappa shape index (κ1) is 14.1. The normalized spacial score (nSPS) is 11.1. The van der Waals surface area contributed by atoms with Crippen molar-refractivity contribution in [2.45, 2.75) is 13.1 Å². The van der Waals surface area contributed by atoms with Crippen molar-refractivity contribution in [3.8, 4) is 0 Å². The zero-order chi connectivity index (χ0) is 8.15. The fourth-order valence-corrected chi connectivity index (χ4v) is 0.312. The number of carboxylic acids is 1. The molecule has 6 heteroatoms. The van der Waals surface area contributed by atoms with Gasteiger partial charge in [-0.1, -0.05) is 0 Å². The number of alkyl halides is 1. The van der Waals surface area contributed by atoms with Crippen LogP contribution >= 0.6 is 0 Å². The number of aliphatic carboxylic acids is 1. The number of hydrogen-bond donors (Lipinski definition) is 0. The Morgan fingerprint density at radius 3 is 2.36 bits per heavy atom. The number of hydrogen-bond acceptors (Lipinski definition) is 4. The third-order valence-corrected chi connectivity index (χ3v) is 0.700. The number of halogens is 1. The fraction of sp³-hybridized carbons (Fsp3) is 0.600. The summed E-state index contributed by atoms with van der Waals surface area (Å²) in [6, 6.07) is 0. The number of carbonyl (C=O) groups is 2. The molecule has 0 heterocycles. The van der Waals surface area contributed by atoms with E-state index in [4.69, 9.17) is 0 Å². The third kappa shape index (κ3) is 5.74. The largest absolute Gasteiger partial charge is 1.00 e. The van der Waals surface area contributed by atoms with Crippen molar-refractivity contribution in [2.75, 3.05) is 6.61 Å². The molecule has 0 saturated carbocycles. The first-order chi connectivity index (χ1) is 4.59. The van der Waals surface area contributed by atoms with Crippen molar-refractivity contribution in [1.82, 2.24) is 0 Å². The van der Waals surface area contributed by atoms with Gasteiger partial charge >= 0.3 is 57.4 Å². The monoisotopic (exact) mass is 188 g/mol. The predicted octanol–water partition coefficient (Wildman–Crippen LogP) is -4.36. The van der Waals surface area contributed by atoms with Crippen LogP contribution in [0.2, 0.25) is 0 Å². The van der Waals surface area contributed by atoms with Crippen LogP contribution in [0.25, 0.3) is 0 Å². The van der Waals surface area contributed by atoms with Crippen LogP contribution in [0.1, 0.15) is 6.92 Å². The Hall–Kier alpha value is 0.506. The van der Waals surface area contributed by atoms with Crippen molar-refractivity contribution in [2.24, 2.45) is 0 Å². The van der Waals surface area contributed by atoms with Gasteiger partial charge < -0.3 is 14.6 Å². The second-order valence-corrected chi connectivity index (χ2v) is 1.43. The summed E-state index contributed by atoms with van der Waals surface area (Å²) in [7, 11) is 0. The smallest absolute Gasteiger partial charge is 0.546 e. The van der Waals surface area contributed by atoms with Crippen LogP contribution in [-0.4, -0.2) is 24.7 Å². The SMILES string of the molecule is CCOC(=O)C(F)C(=O)[O-].[K+]. The van der Waals surface area contributed by atoms with E-state index in [1.807, 2.05) is 0 Å². The van der Waals surface area contributed by atoms with E-state index in [1.165, 1.54) is 6.92 Å². The van der Waals surface area contributed by atoms with Crippen LogP contribution in [0.3, 0.4) is 0 Å². The summed E-state index contributed by atoms with van der Waals surface area (Å²) in [5.74, 6) is -3.49. The van der Waals surface area contributed by atoms with E-state index in [-0.39, 0.29) is 58.0 Å². The Morgan fingerprint density at radius 1 is 1.64 bits per heavy atom. The average Bonchev–Trinajstić information content (AvgIpc) is 1.87. The Balaban J connectivity index is 0. The number of carbonyl (C=O) groups excluding carboxylic acids is 2. The van der Waals surface area contributed by atoms with Gasteiger partial charge in [-0.2, -0.15) is 0 Å². The molecular formula is C5H6FKO4. The average molecular weight is 188 g/mol. The van der Waals surface area contributed by atoms with Gasteiger partial charge in [-0.15, -0.1) is 0 Å². The van der Waals surface area contributed by atoms with Crippen LogP contribution in [0, 0.1) is 0 Å². The Bertz CT molecular complexity index is 149. The van der Waals surface area contributed by atoms with Crippen LogP contribution in [0.15, 0.2) is 0 Å². The molecule has 1 unspecified atom stereocenters. The standard InChI is InChI=1S/C5H7FO4.K/c1-2-10-5(9)3(6)4(7)8;/h3H,2H2,1H3,(H,7,8);/q;+1/p-1. The second kappa shape index (κ2) is 7.17. The van der Waals surface area contributed by atoms with E-state index in [0.717, 1.165) is 0 Å². The Morgan fingerprint density at radius 2 is 2.09 bits per heavy atom.